The van der Waals surface area contributed by atoms with E-state index in [9.17, 15) is 4.79 Å². The molecule has 0 bridgehead atoms. The van der Waals surface area contributed by atoms with Gasteiger partial charge in [-0.15, -0.1) is 0 Å². The number of amides is 1. The number of carbonyl (C=O) groups is 1. The zero-order chi connectivity index (χ0) is 19.0. The summed E-state index contributed by atoms with van der Waals surface area (Å²) in [5.41, 5.74) is 3.84. The molecule has 4 nitrogen and oxygen atoms in total. The van der Waals surface area contributed by atoms with Crippen molar-refractivity contribution in [1.82, 2.24) is 14.7 Å². The van der Waals surface area contributed by atoms with Crippen molar-refractivity contribution in [2.45, 2.75) is 32.6 Å². The first-order valence-corrected chi connectivity index (χ1v) is 9.31. The van der Waals surface area contributed by atoms with Crippen LogP contribution in [0.5, 0.6) is 0 Å². The third-order valence-electron chi connectivity index (χ3n) is 5.25. The lowest BCUT2D eigenvalue weighted by Crippen LogP contribution is -2.30. The summed E-state index contributed by atoms with van der Waals surface area (Å²) in [6.07, 6.45) is 0.484. The Morgan fingerprint density at radius 3 is 2.56 bits per heavy atom. The van der Waals surface area contributed by atoms with Crippen molar-refractivity contribution in [1.29, 1.82) is 0 Å². The van der Waals surface area contributed by atoms with E-state index in [1.165, 1.54) is 0 Å². The number of rotatable bonds is 5. The number of fused-ring (bicyclic) bond motifs is 1. The fourth-order valence-electron chi connectivity index (χ4n) is 3.92. The second-order valence-electron chi connectivity index (χ2n) is 6.68. The smallest absolute Gasteiger partial charge is 0.254 e. The van der Waals surface area contributed by atoms with Gasteiger partial charge in [-0.1, -0.05) is 36.4 Å². The fourth-order valence-corrected chi connectivity index (χ4v) is 3.92. The first kappa shape index (κ1) is 17.5. The molecule has 1 aliphatic rings. The predicted octanol–water partition coefficient (Wildman–Crippen LogP) is 4.80. The number of nitrogens with zero attached hydrogens (tertiary/aromatic N) is 3. The second kappa shape index (κ2) is 6.99. The van der Waals surface area contributed by atoms with Gasteiger partial charge in [0, 0.05) is 30.4 Å². The Balaban J connectivity index is 1.82. The highest BCUT2D eigenvalue weighted by molar-refractivity contribution is 6.00. The molecular weight excluding hydrogens is 341 g/mol. The summed E-state index contributed by atoms with van der Waals surface area (Å²) in [5, 5.41) is 4.32. The molecule has 0 N–H and O–H groups in total. The van der Waals surface area contributed by atoms with Gasteiger partial charge in [0.05, 0.1) is 11.7 Å². The van der Waals surface area contributed by atoms with Crippen molar-refractivity contribution < 1.29 is 9.18 Å². The second-order valence-corrected chi connectivity index (χ2v) is 6.68. The molecule has 2 aromatic carbocycles. The minimum Gasteiger partial charge on any atom is -0.329 e. The van der Waals surface area contributed by atoms with Gasteiger partial charge in [0.1, 0.15) is 6.17 Å². The molecule has 0 radical (unpaired) electrons. The van der Waals surface area contributed by atoms with Crippen LogP contribution >= 0.6 is 0 Å². The Morgan fingerprint density at radius 2 is 1.85 bits per heavy atom. The molecule has 0 saturated carbocycles. The van der Waals surface area contributed by atoms with Gasteiger partial charge in [0.15, 0.2) is 0 Å². The molecule has 3 aromatic rings. The molecule has 0 aliphatic carbocycles. The molecule has 1 aromatic heterocycles. The van der Waals surface area contributed by atoms with Gasteiger partial charge in [0.25, 0.3) is 5.91 Å². The normalized spacial score (nSPS) is 17.2. The van der Waals surface area contributed by atoms with Crippen LogP contribution in [0.1, 0.15) is 47.5 Å². The van der Waals surface area contributed by atoms with Gasteiger partial charge >= 0.3 is 0 Å². The van der Waals surface area contributed by atoms with Crippen LogP contribution < -0.4 is 0 Å². The summed E-state index contributed by atoms with van der Waals surface area (Å²) in [6, 6.07) is 16.1. The maximum atomic E-state index is 15.5. The highest BCUT2D eigenvalue weighted by Gasteiger charge is 2.41. The molecule has 0 fully saturated rings. The molecule has 2 atom stereocenters. The van der Waals surface area contributed by atoms with Gasteiger partial charge in [0.2, 0.25) is 0 Å². The number of aromatic nitrogens is 2. The first-order chi connectivity index (χ1) is 13.2. The van der Waals surface area contributed by atoms with E-state index in [0.29, 0.717) is 17.7 Å². The fraction of sp³-hybridized carbons (Fsp3) is 0.273. The minimum atomic E-state index is -1.28. The molecule has 27 heavy (non-hydrogen) atoms. The lowest BCUT2D eigenvalue weighted by atomic mass is 9.94. The Hall–Kier alpha value is -2.95. The van der Waals surface area contributed by atoms with Crippen molar-refractivity contribution in [3.05, 3.63) is 77.5 Å². The summed E-state index contributed by atoms with van der Waals surface area (Å²) >= 11 is 0. The van der Waals surface area contributed by atoms with Crippen LogP contribution in [0.15, 0.2) is 60.8 Å². The summed E-state index contributed by atoms with van der Waals surface area (Å²) < 4.78 is 17.4. The summed E-state index contributed by atoms with van der Waals surface area (Å²) in [4.78, 5) is 14.5. The number of alkyl halides is 1. The van der Waals surface area contributed by atoms with E-state index >= 15 is 4.39 Å². The topological polar surface area (TPSA) is 38.1 Å². The van der Waals surface area contributed by atoms with Crippen molar-refractivity contribution in [2.75, 3.05) is 6.54 Å². The average molecular weight is 363 g/mol. The number of aryl methyl sites for hydroxylation is 1. The van der Waals surface area contributed by atoms with E-state index in [2.05, 4.69) is 5.10 Å². The highest BCUT2D eigenvalue weighted by atomic mass is 19.1. The maximum absolute atomic E-state index is 15.5. The van der Waals surface area contributed by atoms with E-state index in [4.69, 9.17) is 0 Å². The third-order valence-corrected chi connectivity index (χ3v) is 5.25. The Bertz CT molecular complexity index is 967. The third kappa shape index (κ3) is 2.83. The van der Waals surface area contributed by atoms with Crippen LogP contribution in [0.25, 0.3) is 11.3 Å². The van der Waals surface area contributed by atoms with Gasteiger partial charge in [-0.05, 0) is 43.2 Å². The van der Waals surface area contributed by atoms with Crippen LogP contribution in [0, 0.1) is 0 Å². The van der Waals surface area contributed by atoms with Gasteiger partial charge < -0.3 is 4.90 Å². The Morgan fingerprint density at radius 1 is 1.07 bits per heavy atom. The summed E-state index contributed by atoms with van der Waals surface area (Å²) in [5.74, 6) is -0.105. The van der Waals surface area contributed by atoms with Crippen molar-refractivity contribution in [3.63, 3.8) is 0 Å². The van der Waals surface area contributed by atoms with E-state index in [-0.39, 0.29) is 5.91 Å². The summed E-state index contributed by atoms with van der Waals surface area (Å²) in [6.45, 7) is 5.13. The largest absolute Gasteiger partial charge is 0.329 e. The van der Waals surface area contributed by atoms with Crippen LogP contribution in [-0.4, -0.2) is 27.1 Å². The predicted molar refractivity (Wildman–Crippen MR) is 103 cm³/mol. The summed E-state index contributed by atoms with van der Waals surface area (Å²) in [7, 11) is 0. The van der Waals surface area contributed by atoms with Gasteiger partial charge in [-0.2, -0.15) is 5.10 Å². The van der Waals surface area contributed by atoms with E-state index < -0.39 is 12.2 Å². The molecule has 5 heteroatoms. The van der Waals surface area contributed by atoms with Crippen LogP contribution in [0.3, 0.4) is 0 Å². The lowest BCUT2D eigenvalue weighted by molar-refractivity contribution is 0.0637. The molecule has 0 saturated heterocycles. The number of hydrogen-bond acceptors (Lipinski definition) is 2. The molecule has 1 aliphatic heterocycles. The molecule has 4 rings (SSSR count). The minimum absolute atomic E-state index is 0.105. The monoisotopic (exact) mass is 363 g/mol. The molecule has 1 amide bonds. The van der Waals surface area contributed by atoms with Crippen molar-refractivity contribution >= 4 is 5.91 Å². The zero-order valence-electron chi connectivity index (χ0n) is 15.5. The quantitative estimate of drug-likeness (QED) is 0.653. The zero-order valence-corrected chi connectivity index (χ0v) is 15.5. The van der Waals surface area contributed by atoms with Crippen molar-refractivity contribution in [3.8, 4) is 11.3 Å². The Labute approximate surface area is 158 Å². The first-order valence-electron chi connectivity index (χ1n) is 9.31. The van der Waals surface area contributed by atoms with E-state index in [1.807, 2.05) is 61.0 Å². The SMILES string of the molecule is CCN1C(=O)c2ccc(-c3ccnn3CC)cc2C1C(F)c1ccccc1. The number of halogens is 1. The molecule has 138 valence electrons. The molecule has 2 unspecified atom stereocenters. The highest BCUT2D eigenvalue weighted by Crippen LogP contribution is 2.44. The Kier molecular flexibility index (Phi) is 4.52. The van der Waals surface area contributed by atoms with Crippen LogP contribution in [0.4, 0.5) is 4.39 Å². The van der Waals surface area contributed by atoms with Crippen LogP contribution in [-0.2, 0) is 6.54 Å². The molecular formula is C22H22FN3O. The molecule has 2 heterocycles. The number of benzene rings is 2. The van der Waals surface area contributed by atoms with E-state index in [1.54, 1.807) is 23.2 Å². The maximum Gasteiger partial charge on any atom is 0.254 e. The lowest BCUT2D eigenvalue weighted by Gasteiger charge is -2.27. The van der Waals surface area contributed by atoms with Gasteiger partial charge in [-0.3, -0.25) is 9.48 Å². The van der Waals surface area contributed by atoms with E-state index in [0.717, 1.165) is 23.4 Å². The molecule has 0 spiro atoms. The average Bonchev–Trinajstić information content (AvgIpc) is 3.30. The number of likely N-dealkylation sites (N-methyl/N-ethyl adjacent to an activating group) is 1. The number of carbonyl (C=O) groups excluding carboxylic acids is 1. The van der Waals surface area contributed by atoms with Crippen molar-refractivity contribution in [2.24, 2.45) is 0 Å². The number of hydrogen-bond donors (Lipinski definition) is 0. The van der Waals surface area contributed by atoms with Crippen LogP contribution in [0.2, 0.25) is 0 Å². The van der Waals surface area contributed by atoms with Gasteiger partial charge in [-0.25, -0.2) is 4.39 Å². The standard InChI is InChI=1S/C22H22FN3O/c1-3-25-21(20(23)15-8-6-5-7-9-15)18-14-16(10-11-17(18)22(25)27)19-12-13-24-26(19)4-2/h5-14,20-21H,3-4H2,1-2H3.